The molecule has 5 unspecified atom stereocenters. The molecule has 6 heteroatoms. The molecule has 3 rings (SSSR count). The molecule has 3 fully saturated rings. The molecule has 2 bridgehead atoms. The van der Waals surface area contributed by atoms with Crippen molar-refractivity contribution in [2.24, 2.45) is 23.2 Å². The highest BCUT2D eigenvalue weighted by Crippen LogP contribution is 2.55. The maximum absolute atomic E-state index is 12.5. The number of esters is 3. The van der Waals surface area contributed by atoms with E-state index in [0.717, 1.165) is 12.8 Å². The van der Waals surface area contributed by atoms with E-state index in [0.29, 0.717) is 0 Å². The molecular weight excluding hydrogens is 300 g/mol. The third-order valence-corrected chi connectivity index (χ3v) is 5.11. The minimum Gasteiger partial charge on any atom is -0.458 e. The Morgan fingerprint density at radius 3 is 2.35 bits per heavy atom. The number of fused-ring (bicyclic) bond motifs is 1. The van der Waals surface area contributed by atoms with Gasteiger partial charge in [0.2, 0.25) is 5.60 Å². The minimum absolute atomic E-state index is 0.0216. The van der Waals surface area contributed by atoms with Crippen molar-refractivity contribution in [1.82, 2.24) is 0 Å². The van der Waals surface area contributed by atoms with Gasteiger partial charge >= 0.3 is 17.9 Å². The Balaban J connectivity index is 1.65. The second-order valence-corrected chi connectivity index (χ2v) is 8.42. The molecule has 0 aromatic heterocycles. The van der Waals surface area contributed by atoms with Gasteiger partial charge < -0.3 is 14.2 Å². The van der Waals surface area contributed by atoms with Gasteiger partial charge in [-0.1, -0.05) is 0 Å². The summed E-state index contributed by atoms with van der Waals surface area (Å²) in [4.78, 5) is 36.2. The lowest BCUT2D eigenvalue weighted by molar-refractivity contribution is -0.191. The summed E-state index contributed by atoms with van der Waals surface area (Å²) in [7, 11) is 0. The van der Waals surface area contributed by atoms with E-state index < -0.39 is 29.1 Å². The summed E-state index contributed by atoms with van der Waals surface area (Å²) >= 11 is 0. The van der Waals surface area contributed by atoms with Crippen molar-refractivity contribution in [2.45, 2.75) is 65.3 Å². The zero-order valence-electron chi connectivity index (χ0n) is 14.3. The van der Waals surface area contributed by atoms with Crippen LogP contribution in [0.15, 0.2) is 0 Å². The fraction of sp³-hybridized carbons (Fsp3) is 0.824. The molecule has 6 nitrogen and oxygen atoms in total. The van der Waals surface area contributed by atoms with Gasteiger partial charge in [0.05, 0.1) is 11.3 Å². The molecule has 0 aromatic rings. The van der Waals surface area contributed by atoms with Crippen molar-refractivity contribution in [1.29, 1.82) is 0 Å². The minimum atomic E-state index is -1.37. The third-order valence-electron chi connectivity index (χ3n) is 5.11. The first kappa shape index (κ1) is 16.3. The summed E-state index contributed by atoms with van der Waals surface area (Å²) < 4.78 is 16.3. The Morgan fingerprint density at radius 2 is 1.74 bits per heavy atom. The summed E-state index contributed by atoms with van der Waals surface area (Å²) in [5, 5.41) is 0. The van der Waals surface area contributed by atoms with Crippen LogP contribution in [0.1, 0.15) is 47.5 Å². The maximum atomic E-state index is 12.5. The lowest BCUT2D eigenvalue weighted by Crippen LogP contribution is -2.46. The smallest absolute Gasteiger partial charge is 0.350 e. The molecule has 2 aliphatic carbocycles. The predicted molar refractivity (Wildman–Crippen MR) is 79.1 cm³/mol. The van der Waals surface area contributed by atoms with Crippen molar-refractivity contribution in [3.63, 3.8) is 0 Å². The van der Waals surface area contributed by atoms with E-state index >= 15 is 0 Å². The normalized spacial score (nSPS) is 35.2. The number of hydrogen-bond acceptors (Lipinski definition) is 6. The highest BCUT2D eigenvalue weighted by Gasteiger charge is 2.63. The van der Waals surface area contributed by atoms with Gasteiger partial charge in [-0.05, 0) is 47.5 Å². The number of rotatable bonds is 3. The van der Waals surface area contributed by atoms with Gasteiger partial charge in [0, 0.05) is 11.8 Å². The first-order valence-electron chi connectivity index (χ1n) is 8.16. The van der Waals surface area contributed by atoms with Crippen LogP contribution < -0.4 is 0 Å². The molecule has 23 heavy (non-hydrogen) atoms. The number of carbonyl (C=O) groups excluding carboxylic acids is 3. The molecule has 1 saturated heterocycles. The molecule has 0 radical (unpaired) electrons. The Hall–Kier alpha value is -1.59. The summed E-state index contributed by atoms with van der Waals surface area (Å²) in [6.07, 6.45) is 0.841. The van der Waals surface area contributed by atoms with E-state index in [-0.39, 0.29) is 29.8 Å². The van der Waals surface area contributed by atoms with E-state index in [1.165, 1.54) is 13.8 Å². The first-order valence-corrected chi connectivity index (χ1v) is 8.16. The topological polar surface area (TPSA) is 78.9 Å². The lowest BCUT2D eigenvalue weighted by atomic mass is 9.88. The van der Waals surface area contributed by atoms with Crippen LogP contribution in [0, 0.1) is 23.2 Å². The zero-order chi connectivity index (χ0) is 17.2. The van der Waals surface area contributed by atoms with Crippen LogP contribution in [0.4, 0.5) is 0 Å². The van der Waals surface area contributed by atoms with Crippen LogP contribution in [-0.4, -0.2) is 35.7 Å². The summed E-state index contributed by atoms with van der Waals surface area (Å²) in [5.74, 6) is -0.900. The average Bonchev–Trinajstić information content (AvgIpc) is 3.01. The highest BCUT2D eigenvalue weighted by molar-refractivity contribution is 5.84. The Labute approximate surface area is 135 Å². The fourth-order valence-corrected chi connectivity index (χ4v) is 3.76. The van der Waals surface area contributed by atoms with Crippen LogP contribution in [0.3, 0.4) is 0 Å². The maximum Gasteiger partial charge on any atom is 0.350 e. The summed E-state index contributed by atoms with van der Waals surface area (Å²) in [6.45, 7) is 8.23. The molecule has 5 atom stereocenters. The van der Waals surface area contributed by atoms with E-state index in [1.54, 1.807) is 20.8 Å². The molecule has 1 aliphatic heterocycles. The number of ether oxygens (including phenoxy) is 3. The molecule has 0 N–H and O–H groups in total. The van der Waals surface area contributed by atoms with E-state index in [2.05, 4.69) is 0 Å². The van der Waals surface area contributed by atoms with Crippen LogP contribution >= 0.6 is 0 Å². The van der Waals surface area contributed by atoms with E-state index in [4.69, 9.17) is 14.2 Å². The van der Waals surface area contributed by atoms with Gasteiger partial charge in [0.25, 0.3) is 0 Å². The quantitative estimate of drug-likeness (QED) is 0.582. The van der Waals surface area contributed by atoms with Gasteiger partial charge in [-0.2, -0.15) is 0 Å². The van der Waals surface area contributed by atoms with E-state index in [1.807, 2.05) is 0 Å². The van der Waals surface area contributed by atoms with Gasteiger partial charge in [-0.3, -0.25) is 9.59 Å². The molecular formula is C17H24O6. The second-order valence-electron chi connectivity index (χ2n) is 8.42. The zero-order valence-corrected chi connectivity index (χ0v) is 14.3. The lowest BCUT2D eigenvalue weighted by Gasteiger charge is -2.31. The Kier molecular flexibility index (Phi) is 3.50. The van der Waals surface area contributed by atoms with Crippen LogP contribution in [0.25, 0.3) is 0 Å². The fourth-order valence-electron chi connectivity index (χ4n) is 3.76. The number of hydrogen-bond donors (Lipinski definition) is 0. The first-order chi connectivity index (χ1) is 10.5. The monoisotopic (exact) mass is 324 g/mol. The van der Waals surface area contributed by atoms with Crippen LogP contribution in [0.2, 0.25) is 0 Å². The summed E-state index contributed by atoms with van der Waals surface area (Å²) in [5.41, 5.74) is -2.06. The molecule has 0 amide bonds. The Morgan fingerprint density at radius 1 is 1.09 bits per heavy atom. The van der Waals surface area contributed by atoms with Crippen molar-refractivity contribution in [3.05, 3.63) is 0 Å². The molecule has 0 spiro atoms. The van der Waals surface area contributed by atoms with Crippen molar-refractivity contribution in [3.8, 4) is 0 Å². The van der Waals surface area contributed by atoms with Crippen LogP contribution in [0.5, 0.6) is 0 Å². The SMILES string of the molecule is CC(C)(C)C(=O)OC(C)(C)C(=O)OC1C2CC3C(=O)OC1C3C2. The van der Waals surface area contributed by atoms with Crippen LogP contribution in [-0.2, 0) is 28.6 Å². The van der Waals surface area contributed by atoms with Crippen molar-refractivity contribution >= 4 is 17.9 Å². The molecule has 2 saturated carbocycles. The molecule has 128 valence electrons. The van der Waals surface area contributed by atoms with Gasteiger partial charge in [0.15, 0.2) is 0 Å². The largest absolute Gasteiger partial charge is 0.458 e. The molecule has 0 aromatic carbocycles. The molecule has 3 aliphatic rings. The Bertz CT molecular complexity index is 558. The van der Waals surface area contributed by atoms with Gasteiger partial charge in [-0.15, -0.1) is 0 Å². The predicted octanol–water partition coefficient (Wildman–Crippen LogP) is 1.85. The third kappa shape index (κ3) is 2.62. The van der Waals surface area contributed by atoms with Crippen molar-refractivity contribution < 1.29 is 28.6 Å². The van der Waals surface area contributed by atoms with E-state index in [9.17, 15) is 14.4 Å². The molecule has 1 heterocycles. The van der Waals surface area contributed by atoms with Gasteiger partial charge in [-0.25, -0.2) is 4.79 Å². The standard InChI is InChI=1S/C17H24O6/c1-16(2,3)14(19)23-17(4,5)15(20)22-11-8-6-9-10(7-8)13(18)21-12(9)11/h8-12H,6-7H2,1-5H3. The average molecular weight is 324 g/mol. The summed E-state index contributed by atoms with van der Waals surface area (Å²) in [6, 6.07) is 0. The van der Waals surface area contributed by atoms with Gasteiger partial charge in [0.1, 0.15) is 12.2 Å². The second kappa shape index (κ2) is 4.95. The number of carbonyl (C=O) groups is 3. The van der Waals surface area contributed by atoms with Crippen molar-refractivity contribution in [2.75, 3.05) is 0 Å². The highest BCUT2D eigenvalue weighted by atomic mass is 16.6.